The highest BCUT2D eigenvalue weighted by Gasteiger charge is 2.16. The third kappa shape index (κ3) is 1.03. The number of aliphatic carboxylic acids is 1. The van der Waals surface area contributed by atoms with Crippen molar-refractivity contribution in [2.75, 3.05) is 0 Å². The van der Waals surface area contributed by atoms with E-state index >= 15 is 0 Å². The van der Waals surface area contributed by atoms with Gasteiger partial charge in [0.1, 0.15) is 5.76 Å². The van der Waals surface area contributed by atoms with E-state index in [0.717, 1.165) is 12.0 Å². The van der Waals surface area contributed by atoms with Crippen molar-refractivity contribution in [2.24, 2.45) is 0 Å². The van der Waals surface area contributed by atoms with Gasteiger partial charge in [-0.2, -0.15) is 0 Å². The maximum atomic E-state index is 10.6. The lowest BCUT2D eigenvalue weighted by atomic mass is 9.98. The van der Waals surface area contributed by atoms with E-state index in [-0.39, 0.29) is 0 Å². The Balaban J connectivity index is 2.41. The molecule has 62 valence electrons. The van der Waals surface area contributed by atoms with Gasteiger partial charge in [0.2, 0.25) is 0 Å². The van der Waals surface area contributed by atoms with Crippen LogP contribution in [0.15, 0.2) is 22.3 Å². The van der Waals surface area contributed by atoms with E-state index in [1.165, 1.54) is 0 Å². The molecule has 2 rings (SSSR count). The summed E-state index contributed by atoms with van der Waals surface area (Å²) in [6.45, 7) is 0. The van der Waals surface area contributed by atoms with E-state index in [9.17, 15) is 4.79 Å². The van der Waals surface area contributed by atoms with Crippen LogP contribution in [0.4, 0.5) is 0 Å². The normalized spacial score (nSPS) is 15.2. The van der Waals surface area contributed by atoms with Gasteiger partial charge in [-0.05, 0) is 30.5 Å². The van der Waals surface area contributed by atoms with Crippen molar-refractivity contribution in [1.82, 2.24) is 0 Å². The van der Waals surface area contributed by atoms with Crippen LogP contribution in [-0.4, -0.2) is 11.1 Å². The van der Waals surface area contributed by atoms with E-state index < -0.39 is 5.97 Å². The first-order valence-corrected chi connectivity index (χ1v) is 3.77. The van der Waals surface area contributed by atoms with Gasteiger partial charge < -0.3 is 9.52 Å². The Bertz CT molecular complexity index is 346. The first-order chi connectivity index (χ1) is 5.77. The van der Waals surface area contributed by atoms with Crippen LogP contribution < -0.4 is 0 Å². The summed E-state index contributed by atoms with van der Waals surface area (Å²) in [5.41, 5.74) is 1.53. The molecule has 1 aromatic rings. The molecular weight excluding hydrogens is 156 g/mol. The molecular formula is C9H8O3. The summed E-state index contributed by atoms with van der Waals surface area (Å²) in [4.78, 5) is 10.6. The smallest absolute Gasteiger partial charge is 0.331 e. The Morgan fingerprint density at radius 2 is 2.33 bits per heavy atom. The second-order valence-electron chi connectivity index (χ2n) is 2.78. The van der Waals surface area contributed by atoms with Crippen molar-refractivity contribution >= 4 is 12.0 Å². The van der Waals surface area contributed by atoms with E-state index in [4.69, 9.17) is 9.52 Å². The Kier molecular flexibility index (Phi) is 1.50. The van der Waals surface area contributed by atoms with Crippen molar-refractivity contribution in [2.45, 2.75) is 12.8 Å². The molecule has 0 saturated carbocycles. The van der Waals surface area contributed by atoms with Crippen LogP contribution in [0.5, 0.6) is 0 Å². The summed E-state index contributed by atoms with van der Waals surface area (Å²) in [6.07, 6.45) is 4.55. The van der Waals surface area contributed by atoms with Gasteiger partial charge in [0.25, 0.3) is 0 Å². The second kappa shape index (κ2) is 2.52. The molecule has 0 spiro atoms. The number of carbonyl (C=O) groups is 1. The van der Waals surface area contributed by atoms with Gasteiger partial charge >= 0.3 is 5.97 Å². The number of rotatable bonds is 1. The molecule has 0 atom stereocenters. The zero-order chi connectivity index (χ0) is 8.55. The number of hydrogen-bond acceptors (Lipinski definition) is 2. The molecule has 0 fully saturated rings. The number of aryl methyl sites for hydroxylation is 1. The fraction of sp³-hybridized carbons (Fsp3) is 0.222. The molecule has 1 aliphatic carbocycles. The largest absolute Gasteiger partial charge is 0.478 e. The molecule has 1 N–H and O–H groups in total. The highest BCUT2D eigenvalue weighted by molar-refractivity contribution is 5.92. The van der Waals surface area contributed by atoms with Crippen LogP contribution in [-0.2, 0) is 11.2 Å². The SMILES string of the molecule is O=C(O)C1=Cc2occc2CC1. The molecule has 12 heavy (non-hydrogen) atoms. The lowest BCUT2D eigenvalue weighted by Crippen LogP contribution is -2.05. The first-order valence-electron chi connectivity index (χ1n) is 3.77. The molecule has 0 aliphatic heterocycles. The summed E-state index contributed by atoms with van der Waals surface area (Å²) in [7, 11) is 0. The zero-order valence-electron chi connectivity index (χ0n) is 6.41. The third-order valence-electron chi connectivity index (χ3n) is 2.02. The average molecular weight is 164 g/mol. The van der Waals surface area contributed by atoms with E-state index in [0.29, 0.717) is 17.8 Å². The van der Waals surface area contributed by atoms with Crippen molar-refractivity contribution in [3.8, 4) is 0 Å². The predicted molar refractivity (Wildman–Crippen MR) is 42.6 cm³/mol. The molecule has 0 bridgehead atoms. The standard InChI is InChI=1S/C9H8O3/c10-9(11)7-2-1-6-3-4-12-8(6)5-7/h3-5H,1-2H2,(H,10,11). The lowest BCUT2D eigenvalue weighted by molar-refractivity contribution is -0.132. The molecule has 0 unspecified atom stereocenters. The Labute approximate surface area is 69.3 Å². The Morgan fingerprint density at radius 3 is 3.08 bits per heavy atom. The van der Waals surface area contributed by atoms with Crippen molar-refractivity contribution in [3.63, 3.8) is 0 Å². The number of fused-ring (bicyclic) bond motifs is 1. The summed E-state index contributed by atoms with van der Waals surface area (Å²) in [5.74, 6) is -0.157. The molecule has 1 aromatic heterocycles. The van der Waals surface area contributed by atoms with Crippen LogP contribution in [0.1, 0.15) is 17.7 Å². The summed E-state index contributed by atoms with van der Waals surface area (Å²) >= 11 is 0. The Morgan fingerprint density at radius 1 is 1.50 bits per heavy atom. The molecule has 0 aromatic carbocycles. The van der Waals surface area contributed by atoms with Crippen LogP contribution in [0.3, 0.4) is 0 Å². The first kappa shape index (κ1) is 7.16. The minimum absolute atomic E-state index is 0.428. The van der Waals surface area contributed by atoms with Gasteiger partial charge in [0.05, 0.1) is 6.26 Å². The topological polar surface area (TPSA) is 50.4 Å². The quantitative estimate of drug-likeness (QED) is 0.687. The average Bonchev–Trinajstić information content (AvgIpc) is 2.49. The van der Waals surface area contributed by atoms with E-state index in [1.807, 2.05) is 6.07 Å². The maximum Gasteiger partial charge on any atom is 0.331 e. The van der Waals surface area contributed by atoms with Crippen LogP contribution >= 0.6 is 0 Å². The fourth-order valence-corrected chi connectivity index (χ4v) is 1.35. The van der Waals surface area contributed by atoms with Gasteiger partial charge in [0.15, 0.2) is 0 Å². The Hall–Kier alpha value is -1.51. The number of furan rings is 1. The van der Waals surface area contributed by atoms with Gasteiger partial charge in [-0.1, -0.05) is 0 Å². The van der Waals surface area contributed by atoms with Gasteiger partial charge in [-0.15, -0.1) is 0 Å². The fourth-order valence-electron chi connectivity index (χ4n) is 1.35. The van der Waals surface area contributed by atoms with Crippen LogP contribution in [0.2, 0.25) is 0 Å². The highest BCUT2D eigenvalue weighted by atomic mass is 16.4. The van der Waals surface area contributed by atoms with Crippen LogP contribution in [0, 0.1) is 0 Å². The minimum Gasteiger partial charge on any atom is -0.478 e. The molecule has 0 amide bonds. The molecule has 0 radical (unpaired) electrons. The minimum atomic E-state index is -0.850. The third-order valence-corrected chi connectivity index (χ3v) is 2.02. The van der Waals surface area contributed by atoms with E-state index in [1.54, 1.807) is 12.3 Å². The molecule has 0 saturated heterocycles. The second-order valence-corrected chi connectivity index (χ2v) is 2.78. The monoisotopic (exact) mass is 164 g/mol. The van der Waals surface area contributed by atoms with Gasteiger partial charge in [-0.3, -0.25) is 0 Å². The summed E-state index contributed by atoms with van der Waals surface area (Å²) < 4.78 is 5.10. The van der Waals surface area contributed by atoms with Crippen molar-refractivity contribution in [3.05, 3.63) is 29.2 Å². The zero-order valence-corrected chi connectivity index (χ0v) is 6.41. The van der Waals surface area contributed by atoms with Gasteiger partial charge in [-0.25, -0.2) is 4.79 Å². The maximum absolute atomic E-state index is 10.6. The van der Waals surface area contributed by atoms with Crippen LogP contribution in [0.25, 0.3) is 6.08 Å². The predicted octanol–water partition coefficient (Wildman–Crippen LogP) is 1.69. The van der Waals surface area contributed by atoms with Crippen molar-refractivity contribution < 1.29 is 14.3 Å². The molecule has 3 heteroatoms. The number of hydrogen-bond donors (Lipinski definition) is 1. The number of carboxylic acid groups (broad SMARTS) is 1. The van der Waals surface area contributed by atoms with Crippen molar-refractivity contribution in [1.29, 1.82) is 0 Å². The molecule has 3 nitrogen and oxygen atoms in total. The summed E-state index contributed by atoms with van der Waals surface area (Å²) in [6, 6.07) is 1.88. The summed E-state index contributed by atoms with van der Waals surface area (Å²) in [5, 5.41) is 8.69. The molecule has 1 heterocycles. The van der Waals surface area contributed by atoms with E-state index in [2.05, 4.69) is 0 Å². The molecule has 1 aliphatic rings. The number of carboxylic acids is 1. The van der Waals surface area contributed by atoms with Gasteiger partial charge in [0, 0.05) is 5.57 Å². The highest BCUT2D eigenvalue weighted by Crippen LogP contribution is 2.24. The lowest BCUT2D eigenvalue weighted by Gasteiger charge is -2.07.